The van der Waals surface area contributed by atoms with Crippen LogP contribution in [0.4, 0.5) is 0 Å². The fourth-order valence-electron chi connectivity index (χ4n) is 0.179. The molecule has 0 amide bonds. The van der Waals surface area contributed by atoms with Gasteiger partial charge in [-0.25, -0.2) is 4.79 Å². The van der Waals surface area contributed by atoms with Crippen molar-refractivity contribution in [2.24, 2.45) is 0 Å². The van der Waals surface area contributed by atoms with E-state index in [-0.39, 0.29) is 5.48 Å². The van der Waals surface area contributed by atoms with Crippen molar-refractivity contribution in [1.29, 1.82) is 0 Å². The molecule has 5 nitrogen and oxygen atoms in total. The molecule has 0 aromatic carbocycles. The Morgan fingerprint density at radius 3 is 2.38 bits per heavy atom. The monoisotopic (exact) mass is 121 g/mol. The Morgan fingerprint density at radius 2 is 2.38 bits per heavy atom. The number of aliphatic hydroxyl groups excluding tert-OH is 1. The molecule has 0 aliphatic carbocycles. The molecule has 48 valence electrons. The minimum absolute atomic E-state index is 0.197. The van der Waals surface area contributed by atoms with Crippen molar-refractivity contribution in [2.75, 3.05) is 6.61 Å². The first-order chi connectivity index (χ1) is 3.72. The van der Waals surface area contributed by atoms with Gasteiger partial charge in [-0.2, -0.15) is 0 Å². The predicted molar refractivity (Wildman–Crippen MR) is 23.8 cm³/mol. The van der Waals surface area contributed by atoms with Gasteiger partial charge >= 0.3 is 5.97 Å². The average Bonchev–Trinajstić information content (AvgIpc) is 1.69. The highest BCUT2D eigenvalue weighted by Crippen LogP contribution is 1.69. The van der Waals surface area contributed by atoms with Crippen molar-refractivity contribution in [2.45, 2.75) is 6.04 Å². The van der Waals surface area contributed by atoms with Gasteiger partial charge in [0.25, 0.3) is 0 Å². The topological polar surface area (TPSA) is 97.2 Å². The SMILES string of the molecule is O=C(O)[C@@H](CO)[NH2+][O-]. The van der Waals surface area contributed by atoms with Gasteiger partial charge in [0.05, 0.1) is 0 Å². The van der Waals surface area contributed by atoms with Crippen LogP contribution in [0.2, 0.25) is 0 Å². The van der Waals surface area contributed by atoms with E-state index >= 15 is 0 Å². The molecule has 0 aliphatic rings. The molecule has 0 aromatic heterocycles. The Balaban J connectivity index is 3.52. The van der Waals surface area contributed by atoms with Crippen LogP contribution in [0.15, 0.2) is 0 Å². The number of hydrogen-bond acceptors (Lipinski definition) is 3. The van der Waals surface area contributed by atoms with Gasteiger partial charge < -0.3 is 20.9 Å². The first-order valence-corrected chi connectivity index (χ1v) is 2.01. The minimum Gasteiger partial charge on any atom is -0.635 e. The van der Waals surface area contributed by atoms with Gasteiger partial charge in [-0.05, 0) is 0 Å². The summed E-state index contributed by atoms with van der Waals surface area (Å²) in [6, 6.07) is -1.25. The molecule has 8 heavy (non-hydrogen) atoms. The second kappa shape index (κ2) is 3.36. The standard InChI is InChI=1S/C3H7NO4/c5-1-2(4-8)3(6)7/h2,5H,1,4H2,(H,6,7)/t2-/m1/s1. The summed E-state index contributed by atoms with van der Waals surface area (Å²) in [7, 11) is 0. The van der Waals surface area contributed by atoms with Gasteiger partial charge in [-0.1, -0.05) is 0 Å². The van der Waals surface area contributed by atoms with Gasteiger partial charge in [0, 0.05) is 0 Å². The van der Waals surface area contributed by atoms with Gasteiger partial charge in [-0.3, -0.25) is 0 Å². The zero-order chi connectivity index (χ0) is 6.57. The van der Waals surface area contributed by atoms with E-state index in [9.17, 15) is 10.0 Å². The third-order valence-electron chi connectivity index (χ3n) is 0.678. The van der Waals surface area contributed by atoms with Gasteiger partial charge in [-0.15, -0.1) is 0 Å². The molecule has 1 atom stereocenters. The molecule has 0 aliphatic heterocycles. The minimum atomic E-state index is -1.29. The van der Waals surface area contributed by atoms with Crippen LogP contribution in [-0.4, -0.2) is 28.8 Å². The Kier molecular flexibility index (Phi) is 3.09. The highest BCUT2D eigenvalue weighted by Gasteiger charge is 2.14. The van der Waals surface area contributed by atoms with Gasteiger partial charge in [0.15, 0.2) is 0 Å². The van der Waals surface area contributed by atoms with Gasteiger partial charge in [0.1, 0.15) is 6.61 Å². The number of carboxylic acids is 1. The summed E-state index contributed by atoms with van der Waals surface area (Å²) in [6.07, 6.45) is 0. The molecule has 0 saturated carbocycles. The molecule has 0 unspecified atom stereocenters. The maximum absolute atomic E-state index is 9.77. The number of nitrogens with two attached hydrogens (primary N) is 1. The van der Waals surface area contributed by atoms with Crippen LogP contribution in [-0.2, 0) is 4.79 Å². The summed E-state index contributed by atoms with van der Waals surface area (Å²) in [5.74, 6) is -1.29. The summed E-state index contributed by atoms with van der Waals surface area (Å²) in [6.45, 7) is -0.626. The quantitative estimate of drug-likeness (QED) is 0.359. The second-order valence-electron chi connectivity index (χ2n) is 1.26. The van der Waals surface area contributed by atoms with E-state index in [1.165, 1.54) is 0 Å². The number of quaternary nitrogens is 1. The summed E-state index contributed by atoms with van der Waals surface area (Å²) in [5, 5.41) is 25.7. The van der Waals surface area contributed by atoms with E-state index < -0.39 is 18.6 Å². The summed E-state index contributed by atoms with van der Waals surface area (Å²) >= 11 is 0. The number of aliphatic carboxylic acids is 1. The third kappa shape index (κ3) is 1.87. The third-order valence-corrected chi connectivity index (χ3v) is 0.678. The number of hydrogen-bond donors (Lipinski definition) is 3. The van der Waals surface area contributed by atoms with E-state index in [1.807, 2.05) is 0 Å². The Labute approximate surface area is 45.5 Å². The number of hydroxylamine groups is 1. The highest BCUT2D eigenvalue weighted by atomic mass is 16.5. The lowest BCUT2D eigenvalue weighted by molar-refractivity contribution is -0.617. The summed E-state index contributed by atoms with van der Waals surface area (Å²) < 4.78 is 0. The fourth-order valence-corrected chi connectivity index (χ4v) is 0.179. The molecule has 0 aromatic rings. The smallest absolute Gasteiger partial charge is 0.365 e. The van der Waals surface area contributed by atoms with Crippen molar-refractivity contribution in [1.82, 2.24) is 0 Å². The highest BCUT2D eigenvalue weighted by molar-refractivity contribution is 5.71. The van der Waals surface area contributed by atoms with Crippen molar-refractivity contribution in [3.8, 4) is 0 Å². The lowest BCUT2D eigenvalue weighted by atomic mass is 10.3. The Hall–Kier alpha value is -0.650. The van der Waals surface area contributed by atoms with E-state index in [0.717, 1.165) is 0 Å². The largest absolute Gasteiger partial charge is 0.635 e. The lowest BCUT2D eigenvalue weighted by Crippen LogP contribution is -2.87. The van der Waals surface area contributed by atoms with Crippen LogP contribution < -0.4 is 5.48 Å². The van der Waals surface area contributed by atoms with Gasteiger partial charge in [0.2, 0.25) is 6.04 Å². The van der Waals surface area contributed by atoms with Crippen LogP contribution in [0.1, 0.15) is 0 Å². The molecular formula is C3H7NO4. The van der Waals surface area contributed by atoms with Crippen LogP contribution in [0, 0.1) is 5.21 Å². The number of carboxylic acid groups (broad SMARTS) is 1. The maximum Gasteiger partial charge on any atom is 0.365 e. The molecule has 0 heterocycles. The van der Waals surface area contributed by atoms with Crippen LogP contribution in [0.3, 0.4) is 0 Å². The van der Waals surface area contributed by atoms with Crippen LogP contribution >= 0.6 is 0 Å². The molecule has 0 fully saturated rings. The lowest BCUT2D eigenvalue weighted by Gasteiger charge is -2.07. The maximum atomic E-state index is 9.77. The fraction of sp³-hybridized carbons (Fsp3) is 0.667. The molecule has 4 N–H and O–H groups in total. The van der Waals surface area contributed by atoms with Crippen LogP contribution in [0.5, 0.6) is 0 Å². The normalized spacial score (nSPS) is 13.2. The predicted octanol–water partition coefficient (Wildman–Crippen LogP) is -2.51. The molecule has 0 bridgehead atoms. The second-order valence-corrected chi connectivity index (χ2v) is 1.26. The Morgan fingerprint density at radius 1 is 1.88 bits per heavy atom. The molecular weight excluding hydrogens is 114 g/mol. The number of rotatable bonds is 3. The molecule has 5 heteroatoms. The van der Waals surface area contributed by atoms with E-state index in [2.05, 4.69) is 0 Å². The number of carbonyl (C=O) groups is 1. The molecule has 0 spiro atoms. The Bertz CT molecular complexity index is 79.4. The molecule has 0 saturated heterocycles. The summed E-state index contributed by atoms with van der Waals surface area (Å²) in [4.78, 5) is 9.77. The molecule has 0 radical (unpaired) electrons. The van der Waals surface area contributed by atoms with Crippen molar-refractivity contribution in [3.05, 3.63) is 5.21 Å². The first kappa shape index (κ1) is 7.35. The van der Waals surface area contributed by atoms with E-state index in [0.29, 0.717) is 0 Å². The first-order valence-electron chi connectivity index (χ1n) is 2.01. The zero-order valence-electron chi connectivity index (χ0n) is 4.07. The van der Waals surface area contributed by atoms with Crippen LogP contribution in [0.25, 0.3) is 0 Å². The van der Waals surface area contributed by atoms with E-state index in [1.54, 1.807) is 0 Å². The van der Waals surface area contributed by atoms with E-state index in [4.69, 9.17) is 10.2 Å². The average molecular weight is 121 g/mol. The number of aliphatic hydroxyl groups is 1. The summed E-state index contributed by atoms with van der Waals surface area (Å²) in [5.41, 5.74) is 0.197. The van der Waals surface area contributed by atoms with Crippen molar-refractivity contribution < 1.29 is 20.5 Å². The zero-order valence-corrected chi connectivity index (χ0v) is 4.07. The van der Waals surface area contributed by atoms with Crippen molar-refractivity contribution in [3.63, 3.8) is 0 Å². The molecule has 0 rings (SSSR count). The van der Waals surface area contributed by atoms with Crippen molar-refractivity contribution >= 4 is 5.97 Å².